The van der Waals surface area contributed by atoms with Crippen LogP contribution in [0, 0.1) is 4.77 Å². The molecule has 2 aromatic rings. The fourth-order valence-electron chi connectivity index (χ4n) is 3.22. The summed E-state index contributed by atoms with van der Waals surface area (Å²) in [6.07, 6.45) is 2.27. The molecule has 3 rings (SSSR count). The highest BCUT2D eigenvalue weighted by Gasteiger charge is 2.27. The molecule has 170 valence electrons. The lowest BCUT2D eigenvalue weighted by atomic mass is 10.2. The Morgan fingerprint density at radius 2 is 1.91 bits per heavy atom. The van der Waals surface area contributed by atoms with Crippen molar-refractivity contribution in [2.75, 3.05) is 17.7 Å². The van der Waals surface area contributed by atoms with Gasteiger partial charge >= 0.3 is 0 Å². The van der Waals surface area contributed by atoms with Crippen LogP contribution >= 0.6 is 24.0 Å². The summed E-state index contributed by atoms with van der Waals surface area (Å²) in [5.41, 5.74) is 3.27. The Labute approximate surface area is 194 Å². The highest BCUT2D eigenvalue weighted by atomic mass is 32.2. The molecule has 0 radical (unpaired) electrons. The predicted octanol–water partition coefficient (Wildman–Crippen LogP) is 2.27. The number of carbonyl (C=O) groups excluding carboxylic acids is 1. The van der Waals surface area contributed by atoms with Gasteiger partial charge in [-0.2, -0.15) is 0 Å². The molecule has 1 aromatic carbocycles. The van der Waals surface area contributed by atoms with E-state index < -0.39 is 21.5 Å². The molecule has 0 saturated heterocycles. The molecule has 2 N–H and O–H groups in total. The van der Waals surface area contributed by atoms with Gasteiger partial charge in [0.25, 0.3) is 11.5 Å². The van der Waals surface area contributed by atoms with Crippen molar-refractivity contribution in [3.8, 4) is 5.88 Å². The first-order chi connectivity index (χ1) is 15.1. The summed E-state index contributed by atoms with van der Waals surface area (Å²) >= 11 is 6.60. The standard InChI is InChI=1S/C20H22N4O5S3/c1-4-22-18(26)13(19(27)23(5-2)20(22)30)10-11-17-24(12-16(25)21-32(3,28)29)14-8-6-7-9-15(14)31-17/h6-10,26H,4-5,12H2,1-3H3,(H,21,25). The van der Waals surface area contributed by atoms with E-state index in [9.17, 15) is 23.1 Å². The molecule has 0 aliphatic carbocycles. The molecule has 1 aliphatic heterocycles. The summed E-state index contributed by atoms with van der Waals surface area (Å²) in [7, 11) is -3.71. The molecule has 0 atom stereocenters. The third-order valence-electron chi connectivity index (χ3n) is 4.62. The lowest BCUT2D eigenvalue weighted by Gasteiger charge is -2.18. The Morgan fingerprint density at radius 1 is 1.25 bits per heavy atom. The summed E-state index contributed by atoms with van der Waals surface area (Å²) in [5.74, 6) is -0.971. The number of nitrogens with zero attached hydrogens (tertiary/aromatic N) is 3. The van der Waals surface area contributed by atoms with Crippen LogP contribution in [0.5, 0.6) is 5.88 Å². The van der Waals surface area contributed by atoms with Crippen molar-refractivity contribution in [2.45, 2.75) is 31.8 Å². The Kier molecular flexibility index (Phi) is 6.99. The van der Waals surface area contributed by atoms with Crippen molar-refractivity contribution >= 4 is 51.7 Å². The van der Waals surface area contributed by atoms with Crippen LogP contribution in [0.3, 0.4) is 0 Å². The number of aromatic nitrogens is 2. The fourth-order valence-corrected chi connectivity index (χ4v) is 5.15. The Balaban J connectivity index is 2.12. The zero-order valence-corrected chi connectivity index (χ0v) is 20.1. The summed E-state index contributed by atoms with van der Waals surface area (Å²) in [6.45, 7) is 4.04. The van der Waals surface area contributed by atoms with E-state index in [4.69, 9.17) is 12.2 Å². The quantitative estimate of drug-likeness (QED) is 0.464. The summed E-state index contributed by atoms with van der Waals surface area (Å²) in [5, 5.41) is 11.1. The number of anilines is 1. The number of aromatic hydroxyl groups is 1. The topological polar surface area (TPSA) is 114 Å². The maximum absolute atomic E-state index is 12.8. The largest absolute Gasteiger partial charge is 0.494 e. The van der Waals surface area contributed by atoms with Crippen molar-refractivity contribution in [3.63, 3.8) is 0 Å². The molecule has 1 aromatic heterocycles. The average Bonchev–Trinajstić information content (AvgIpc) is 3.04. The minimum Gasteiger partial charge on any atom is -0.494 e. The molecule has 0 bridgehead atoms. The van der Waals surface area contributed by atoms with Crippen LogP contribution in [0.15, 0.2) is 44.7 Å². The minimum absolute atomic E-state index is 0.0203. The maximum Gasteiger partial charge on any atom is 0.266 e. The molecule has 0 unspecified atom stereocenters. The second kappa shape index (κ2) is 9.37. The fraction of sp³-hybridized carbons (Fsp3) is 0.300. The lowest BCUT2D eigenvalue weighted by Crippen LogP contribution is -2.38. The van der Waals surface area contributed by atoms with Crippen molar-refractivity contribution in [1.29, 1.82) is 0 Å². The molecule has 32 heavy (non-hydrogen) atoms. The van der Waals surface area contributed by atoms with E-state index in [0.717, 1.165) is 11.2 Å². The summed E-state index contributed by atoms with van der Waals surface area (Å²) in [4.78, 5) is 27.5. The highest BCUT2D eigenvalue weighted by molar-refractivity contribution is 8.03. The number of sulfonamides is 1. The molecular formula is C20H22N4O5S3. The summed E-state index contributed by atoms with van der Waals surface area (Å²) in [6, 6.07) is 7.29. The average molecular weight is 495 g/mol. The lowest BCUT2D eigenvalue weighted by molar-refractivity contribution is -0.117. The number of amides is 1. The molecule has 9 nitrogen and oxygen atoms in total. The monoisotopic (exact) mass is 494 g/mol. The first kappa shape index (κ1) is 23.9. The van der Waals surface area contributed by atoms with Crippen LogP contribution in [0.2, 0.25) is 0 Å². The van der Waals surface area contributed by atoms with E-state index in [2.05, 4.69) is 5.73 Å². The third kappa shape index (κ3) is 4.83. The Morgan fingerprint density at radius 3 is 2.53 bits per heavy atom. The van der Waals surface area contributed by atoms with Crippen LogP contribution in [0.4, 0.5) is 5.69 Å². The van der Waals surface area contributed by atoms with E-state index >= 15 is 0 Å². The van der Waals surface area contributed by atoms with E-state index in [1.165, 1.54) is 27.0 Å². The van der Waals surface area contributed by atoms with Gasteiger partial charge in [0.1, 0.15) is 17.1 Å². The molecular weight excluding hydrogens is 472 g/mol. The molecule has 12 heteroatoms. The molecule has 2 heterocycles. The third-order valence-corrected chi connectivity index (χ3v) is 6.75. The van der Waals surface area contributed by atoms with Crippen LogP contribution in [-0.4, -0.2) is 41.4 Å². The molecule has 0 saturated carbocycles. The second-order valence-corrected chi connectivity index (χ2v) is 10.0. The summed E-state index contributed by atoms with van der Waals surface area (Å²) < 4.78 is 27.8. The number of fused-ring (bicyclic) bond motifs is 1. The van der Waals surface area contributed by atoms with Crippen LogP contribution < -0.4 is 15.2 Å². The molecule has 1 aliphatic rings. The molecule has 0 fully saturated rings. The van der Waals surface area contributed by atoms with Gasteiger partial charge in [-0.25, -0.2) is 8.42 Å². The molecule has 1 amide bonds. The Bertz CT molecular complexity index is 1370. The van der Waals surface area contributed by atoms with E-state index in [-0.39, 0.29) is 22.8 Å². The molecule has 0 spiro atoms. The predicted molar refractivity (Wildman–Crippen MR) is 127 cm³/mol. The highest BCUT2D eigenvalue weighted by Crippen LogP contribution is 2.45. The number of benzene rings is 1. The van der Waals surface area contributed by atoms with Gasteiger partial charge in [-0.15, -0.1) is 0 Å². The number of thioether (sulfide) groups is 1. The SMILES string of the molecule is CCn1c(O)c(C=C=C2Sc3ccccc3N2CC(=O)NS(C)(=O)=O)c(=O)n(CC)c1=S. The van der Waals surface area contributed by atoms with Crippen molar-refractivity contribution in [3.05, 3.63) is 55.7 Å². The smallest absolute Gasteiger partial charge is 0.266 e. The van der Waals surface area contributed by atoms with Gasteiger partial charge in [0, 0.05) is 24.1 Å². The number of hydrogen-bond donors (Lipinski definition) is 2. The van der Waals surface area contributed by atoms with Gasteiger partial charge in [-0.3, -0.25) is 23.4 Å². The number of para-hydroxylation sites is 1. The number of hydrogen-bond acceptors (Lipinski definition) is 8. The van der Waals surface area contributed by atoms with Crippen LogP contribution in [0.25, 0.3) is 6.08 Å². The van der Waals surface area contributed by atoms with E-state index in [1.54, 1.807) is 30.9 Å². The van der Waals surface area contributed by atoms with Crippen molar-refractivity contribution in [2.24, 2.45) is 0 Å². The van der Waals surface area contributed by atoms with Gasteiger partial charge < -0.3 is 10.0 Å². The van der Waals surface area contributed by atoms with Gasteiger partial charge in [0.15, 0.2) is 4.77 Å². The first-order valence-electron chi connectivity index (χ1n) is 9.65. The van der Waals surface area contributed by atoms with Crippen molar-refractivity contribution < 1.29 is 18.3 Å². The van der Waals surface area contributed by atoms with E-state index in [1.807, 2.05) is 16.9 Å². The zero-order valence-electron chi connectivity index (χ0n) is 17.7. The zero-order chi connectivity index (χ0) is 23.6. The number of carbonyl (C=O) groups is 1. The van der Waals surface area contributed by atoms with Gasteiger partial charge in [0.2, 0.25) is 15.9 Å². The van der Waals surface area contributed by atoms with Gasteiger partial charge in [-0.1, -0.05) is 29.6 Å². The normalized spacial score (nSPS) is 13.0. The maximum atomic E-state index is 12.8. The van der Waals surface area contributed by atoms with E-state index in [0.29, 0.717) is 23.8 Å². The van der Waals surface area contributed by atoms with Crippen molar-refractivity contribution in [1.82, 2.24) is 13.9 Å². The van der Waals surface area contributed by atoms with Crippen LogP contribution in [-0.2, 0) is 27.9 Å². The number of rotatable bonds is 6. The first-order valence-corrected chi connectivity index (χ1v) is 12.8. The second-order valence-electron chi connectivity index (χ2n) is 6.86. The van der Waals surface area contributed by atoms with Crippen LogP contribution in [0.1, 0.15) is 19.4 Å². The van der Waals surface area contributed by atoms with Gasteiger partial charge in [0.05, 0.1) is 11.9 Å². The minimum atomic E-state index is -3.71. The Hall–Kier alpha value is -2.79. The number of nitrogens with one attached hydrogen (secondary N) is 1. The van der Waals surface area contributed by atoms with Gasteiger partial charge in [-0.05, 0) is 38.2 Å².